The lowest BCUT2D eigenvalue weighted by molar-refractivity contribution is -0.119. The Labute approximate surface area is 113 Å². The van der Waals surface area contributed by atoms with Gasteiger partial charge in [-0.3, -0.25) is 4.79 Å². The van der Waals surface area contributed by atoms with E-state index in [4.69, 9.17) is 0 Å². The van der Waals surface area contributed by atoms with Crippen LogP contribution in [-0.4, -0.2) is 31.2 Å². The van der Waals surface area contributed by atoms with Gasteiger partial charge in [0.15, 0.2) is 0 Å². The maximum atomic E-state index is 13.9. The zero-order valence-corrected chi connectivity index (χ0v) is 11.6. The van der Waals surface area contributed by atoms with E-state index in [9.17, 15) is 14.3 Å². The topological polar surface area (TPSA) is 52.6 Å². The highest BCUT2D eigenvalue weighted by molar-refractivity contribution is 5.81. The number of amides is 1. The average Bonchev–Trinajstić information content (AvgIpc) is 2.35. The highest BCUT2D eigenvalue weighted by atomic mass is 19.1. The van der Waals surface area contributed by atoms with E-state index < -0.39 is 11.9 Å². The van der Waals surface area contributed by atoms with Crippen LogP contribution in [-0.2, 0) is 4.79 Å². The number of hydrogen-bond donors (Lipinski definition) is 2. The van der Waals surface area contributed by atoms with Crippen LogP contribution in [0.3, 0.4) is 0 Å². The zero-order valence-electron chi connectivity index (χ0n) is 11.6. The molecule has 4 nitrogen and oxygen atoms in total. The predicted molar refractivity (Wildman–Crippen MR) is 73.6 cm³/mol. The zero-order chi connectivity index (χ0) is 14.4. The Kier molecular flexibility index (Phi) is 5.76. The number of benzene rings is 1. The molecule has 106 valence electrons. The number of anilines is 1. The molecule has 0 bridgehead atoms. The minimum Gasteiger partial charge on any atom is -0.389 e. The Hall–Kier alpha value is -1.62. The van der Waals surface area contributed by atoms with Crippen LogP contribution in [0.2, 0.25) is 0 Å². The van der Waals surface area contributed by atoms with Gasteiger partial charge in [0.05, 0.1) is 18.3 Å². The first kappa shape index (κ1) is 15.4. The van der Waals surface area contributed by atoms with Crippen LogP contribution in [0.1, 0.15) is 31.9 Å². The van der Waals surface area contributed by atoms with E-state index in [-0.39, 0.29) is 18.1 Å². The highest BCUT2D eigenvalue weighted by Crippen LogP contribution is 2.28. The van der Waals surface area contributed by atoms with E-state index in [1.807, 2.05) is 6.92 Å². The lowest BCUT2D eigenvalue weighted by Crippen LogP contribution is -2.36. The van der Waals surface area contributed by atoms with Crippen molar-refractivity contribution < 1.29 is 14.3 Å². The second kappa shape index (κ2) is 7.09. The fourth-order valence-electron chi connectivity index (χ4n) is 1.89. The Bertz CT molecular complexity index is 435. The third-order valence-corrected chi connectivity index (χ3v) is 2.80. The lowest BCUT2D eigenvalue weighted by Gasteiger charge is -2.23. The first-order chi connectivity index (χ1) is 8.97. The van der Waals surface area contributed by atoms with Gasteiger partial charge in [-0.05, 0) is 19.4 Å². The number of hydrogen-bond acceptors (Lipinski definition) is 3. The fourth-order valence-corrected chi connectivity index (χ4v) is 1.89. The summed E-state index contributed by atoms with van der Waals surface area (Å²) in [4.78, 5) is 13.2. The van der Waals surface area contributed by atoms with Gasteiger partial charge >= 0.3 is 0 Å². The molecule has 5 heteroatoms. The van der Waals surface area contributed by atoms with Gasteiger partial charge in [-0.25, -0.2) is 4.39 Å². The van der Waals surface area contributed by atoms with Crippen molar-refractivity contribution in [3.8, 4) is 0 Å². The summed E-state index contributed by atoms with van der Waals surface area (Å²) in [5.41, 5.74) is 0.745. The molecule has 0 radical (unpaired) electrons. The molecule has 0 spiro atoms. The molecule has 1 aromatic rings. The molecule has 1 atom stereocenters. The summed E-state index contributed by atoms with van der Waals surface area (Å²) in [5, 5.41) is 12.4. The molecule has 0 fully saturated rings. The third kappa shape index (κ3) is 4.21. The largest absolute Gasteiger partial charge is 0.389 e. The van der Waals surface area contributed by atoms with Crippen molar-refractivity contribution in [2.24, 2.45) is 0 Å². The van der Waals surface area contributed by atoms with E-state index >= 15 is 0 Å². The Morgan fingerprint density at radius 2 is 2.21 bits per heavy atom. The van der Waals surface area contributed by atoms with Crippen molar-refractivity contribution in [1.29, 1.82) is 0 Å². The lowest BCUT2D eigenvalue weighted by atomic mass is 10.1. The Morgan fingerprint density at radius 3 is 2.79 bits per heavy atom. The number of nitrogens with zero attached hydrogens (tertiary/aromatic N) is 1. The van der Waals surface area contributed by atoms with Crippen LogP contribution in [0.4, 0.5) is 10.1 Å². The molecule has 0 aliphatic rings. The molecule has 0 unspecified atom stereocenters. The van der Waals surface area contributed by atoms with Crippen molar-refractivity contribution in [3.63, 3.8) is 0 Å². The number of carbonyl (C=O) groups excluding carboxylic acids is 1. The molecule has 0 heterocycles. The third-order valence-electron chi connectivity index (χ3n) is 2.80. The van der Waals surface area contributed by atoms with Crippen molar-refractivity contribution in [2.45, 2.75) is 26.4 Å². The second-order valence-electron chi connectivity index (χ2n) is 4.56. The Balaban J connectivity index is 2.87. The second-order valence-corrected chi connectivity index (χ2v) is 4.56. The molecule has 1 rings (SSSR count). The molecule has 0 saturated carbocycles. The molecule has 0 aliphatic heterocycles. The number of halogens is 1. The van der Waals surface area contributed by atoms with E-state index in [1.54, 1.807) is 26.1 Å². The summed E-state index contributed by atoms with van der Waals surface area (Å²) in [6.45, 7) is 4.20. The SMILES string of the molecule is CCCNC(=O)CN(C)c1c(F)cccc1[C@@H](C)O. The van der Waals surface area contributed by atoms with Crippen molar-refractivity contribution in [2.75, 3.05) is 25.0 Å². The number of aliphatic hydroxyl groups is 1. The minimum atomic E-state index is -0.785. The number of rotatable bonds is 6. The fraction of sp³-hybridized carbons (Fsp3) is 0.500. The van der Waals surface area contributed by atoms with Gasteiger partial charge < -0.3 is 15.3 Å². The number of nitrogens with one attached hydrogen (secondary N) is 1. The van der Waals surface area contributed by atoms with Crippen LogP contribution in [0.25, 0.3) is 0 Å². The number of aliphatic hydroxyl groups excluding tert-OH is 1. The van der Waals surface area contributed by atoms with Gasteiger partial charge in [0.1, 0.15) is 5.82 Å². The molecule has 1 aromatic carbocycles. The van der Waals surface area contributed by atoms with Crippen LogP contribution >= 0.6 is 0 Å². The van der Waals surface area contributed by atoms with Crippen LogP contribution < -0.4 is 10.2 Å². The molecule has 0 aliphatic carbocycles. The summed E-state index contributed by atoms with van der Waals surface area (Å²) in [6, 6.07) is 4.52. The maximum absolute atomic E-state index is 13.9. The standard InChI is InChI=1S/C14H21FN2O2/c1-4-8-16-13(19)9-17(3)14-11(10(2)18)6-5-7-12(14)15/h5-7,10,18H,4,8-9H2,1-3H3,(H,16,19)/t10-/m1/s1. The maximum Gasteiger partial charge on any atom is 0.239 e. The molecular formula is C14H21FN2O2. The van der Waals surface area contributed by atoms with Crippen molar-refractivity contribution in [3.05, 3.63) is 29.6 Å². The van der Waals surface area contributed by atoms with E-state index in [2.05, 4.69) is 5.32 Å². The molecule has 2 N–H and O–H groups in total. The summed E-state index contributed by atoms with van der Waals surface area (Å²) < 4.78 is 13.9. The molecule has 1 amide bonds. The quantitative estimate of drug-likeness (QED) is 0.827. The first-order valence-electron chi connectivity index (χ1n) is 6.41. The average molecular weight is 268 g/mol. The van der Waals surface area contributed by atoms with Crippen molar-refractivity contribution in [1.82, 2.24) is 5.32 Å². The summed E-state index contributed by atoms with van der Waals surface area (Å²) in [6.07, 6.45) is 0.0699. The van der Waals surface area contributed by atoms with Gasteiger partial charge in [-0.2, -0.15) is 0 Å². The van der Waals surface area contributed by atoms with Crippen LogP contribution in [0, 0.1) is 5.82 Å². The normalized spacial score (nSPS) is 12.1. The summed E-state index contributed by atoms with van der Waals surface area (Å²) >= 11 is 0. The van der Waals surface area contributed by atoms with Gasteiger partial charge in [-0.1, -0.05) is 19.1 Å². The first-order valence-corrected chi connectivity index (χ1v) is 6.41. The predicted octanol–water partition coefficient (Wildman–Crippen LogP) is 1.84. The number of para-hydroxylation sites is 1. The minimum absolute atomic E-state index is 0.0562. The van der Waals surface area contributed by atoms with Gasteiger partial charge in [0.2, 0.25) is 5.91 Å². The smallest absolute Gasteiger partial charge is 0.239 e. The van der Waals surface area contributed by atoms with Gasteiger partial charge in [0, 0.05) is 19.2 Å². The number of likely N-dealkylation sites (N-methyl/N-ethyl adjacent to an activating group) is 1. The monoisotopic (exact) mass is 268 g/mol. The Morgan fingerprint density at radius 1 is 1.53 bits per heavy atom. The summed E-state index contributed by atoms with van der Waals surface area (Å²) in [7, 11) is 1.63. The highest BCUT2D eigenvalue weighted by Gasteiger charge is 2.17. The molecule has 0 aromatic heterocycles. The van der Waals surface area contributed by atoms with E-state index in [0.29, 0.717) is 12.1 Å². The molecular weight excluding hydrogens is 247 g/mol. The van der Waals surface area contributed by atoms with Crippen molar-refractivity contribution >= 4 is 11.6 Å². The van der Waals surface area contributed by atoms with Crippen LogP contribution in [0.15, 0.2) is 18.2 Å². The van der Waals surface area contributed by atoms with Gasteiger partial charge in [-0.15, -0.1) is 0 Å². The van der Waals surface area contributed by atoms with Crippen LogP contribution in [0.5, 0.6) is 0 Å². The summed E-state index contributed by atoms with van der Waals surface area (Å²) in [5.74, 6) is -0.603. The molecule has 0 saturated heterocycles. The van der Waals surface area contributed by atoms with Gasteiger partial charge in [0.25, 0.3) is 0 Å². The molecule has 19 heavy (non-hydrogen) atoms. The van der Waals surface area contributed by atoms with E-state index in [0.717, 1.165) is 6.42 Å². The van der Waals surface area contributed by atoms with E-state index in [1.165, 1.54) is 11.0 Å². The number of carbonyl (C=O) groups is 1.